The van der Waals surface area contributed by atoms with Crippen LogP contribution in [0.1, 0.15) is 26.7 Å². The predicted molar refractivity (Wildman–Crippen MR) is 131 cm³/mol. The van der Waals surface area contributed by atoms with Crippen LogP contribution < -0.4 is 10.5 Å². The van der Waals surface area contributed by atoms with E-state index in [4.69, 9.17) is 10.5 Å². The second-order valence-corrected chi connectivity index (χ2v) is 9.14. The number of anilines is 1. The van der Waals surface area contributed by atoms with E-state index in [1.54, 1.807) is 18.5 Å². The number of aromatic nitrogens is 7. The predicted octanol–water partition coefficient (Wildman–Crippen LogP) is 4.66. The summed E-state index contributed by atoms with van der Waals surface area (Å²) in [7, 11) is 0. The number of aryl methyl sites for hydroxylation is 1. The van der Waals surface area contributed by atoms with Crippen LogP contribution in [-0.2, 0) is 6.54 Å². The zero-order chi connectivity index (χ0) is 24.9. The third-order valence-corrected chi connectivity index (χ3v) is 5.88. The number of tetrazole rings is 1. The summed E-state index contributed by atoms with van der Waals surface area (Å²) < 4.78 is 37.9. The molecule has 0 unspecified atom stereocenters. The smallest absolute Gasteiger partial charge is 0.202 e. The zero-order valence-electron chi connectivity index (χ0n) is 19.3. The number of pyridine rings is 1. The molecule has 2 N–H and O–H groups in total. The summed E-state index contributed by atoms with van der Waals surface area (Å²) in [5, 5.41) is 16.6. The normalized spacial score (nSPS) is 11.4. The average Bonchev–Trinajstić information content (AvgIpc) is 3.51. The lowest BCUT2D eigenvalue weighted by molar-refractivity contribution is 0.296. The van der Waals surface area contributed by atoms with E-state index in [0.717, 1.165) is 28.8 Å². The Morgan fingerprint density at radius 3 is 2.74 bits per heavy atom. The third kappa shape index (κ3) is 5.47. The Morgan fingerprint density at radius 2 is 1.97 bits per heavy atom. The van der Waals surface area contributed by atoms with E-state index in [0.29, 0.717) is 23.2 Å². The molecule has 9 nitrogen and oxygen atoms in total. The summed E-state index contributed by atoms with van der Waals surface area (Å²) in [6, 6.07) is 4.45. The van der Waals surface area contributed by atoms with Gasteiger partial charge in [-0.2, -0.15) is 14.2 Å². The molecule has 0 saturated carbocycles. The van der Waals surface area contributed by atoms with Gasteiger partial charge in [-0.3, -0.25) is 4.68 Å². The molecule has 0 saturated heterocycles. The van der Waals surface area contributed by atoms with E-state index in [1.165, 1.54) is 12.1 Å². The number of nitrogen functional groups attached to an aromatic ring is 1. The molecule has 0 aliphatic rings. The summed E-state index contributed by atoms with van der Waals surface area (Å²) in [5.41, 5.74) is 7.89. The van der Waals surface area contributed by atoms with Crippen LogP contribution in [0.25, 0.3) is 28.2 Å². The number of halogens is 3. The molecule has 184 valence electrons. The first kappa shape index (κ1) is 24.7. The molecule has 3 aromatic heterocycles. The molecular weight excluding hydrogens is 522 g/mol. The van der Waals surface area contributed by atoms with E-state index < -0.39 is 11.6 Å². The van der Waals surface area contributed by atoms with Gasteiger partial charge < -0.3 is 10.5 Å². The standard InChI is InChI=1S/C23H25BrF2N8O/c1-14(2)6-8-33-13-16(12-29-33)15-10-17(22(27)28-11-15)23-30-31-32-34(23)18-4-5-19(21(26)20(18)25)35-9-3-7-24/h4-5,10-14H,3,6-9H2,1-2H3,(H2,27,28). The van der Waals surface area contributed by atoms with Crippen molar-refractivity contribution in [1.82, 2.24) is 35.0 Å². The molecule has 0 atom stereocenters. The van der Waals surface area contributed by atoms with Crippen LogP contribution in [0.15, 0.2) is 36.8 Å². The summed E-state index contributed by atoms with van der Waals surface area (Å²) in [5.74, 6) is -1.61. The van der Waals surface area contributed by atoms with E-state index in [2.05, 4.69) is 55.4 Å². The minimum atomic E-state index is -1.14. The number of hydrogen-bond donors (Lipinski definition) is 1. The maximum atomic E-state index is 15.0. The molecule has 3 heterocycles. The Hall–Kier alpha value is -3.41. The number of benzene rings is 1. The van der Waals surface area contributed by atoms with Crippen molar-refractivity contribution in [3.63, 3.8) is 0 Å². The Bertz CT molecular complexity index is 1310. The van der Waals surface area contributed by atoms with Gasteiger partial charge in [-0.1, -0.05) is 29.8 Å². The van der Waals surface area contributed by atoms with Crippen LogP contribution in [0.3, 0.4) is 0 Å². The van der Waals surface area contributed by atoms with Gasteiger partial charge in [-0.15, -0.1) is 5.10 Å². The van der Waals surface area contributed by atoms with Crippen molar-refractivity contribution in [2.75, 3.05) is 17.7 Å². The third-order valence-electron chi connectivity index (χ3n) is 5.32. The lowest BCUT2D eigenvalue weighted by Crippen LogP contribution is -2.08. The minimum Gasteiger partial charge on any atom is -0.490 e. The largest absolute Gasteiger partial charge is 0.490 e. The molecule has 0 aliphatic heterocycles. The number of hydrogen-bond acceptors (Lipinski definition) is 7. The maximum absolute atomic E-state index is 15.0. The maximum Gasteiger partial charge on any atom is 0.202 e. The van der Waals surface area contributed by atoms with E-state index in [9.17, 15) is 8.78 Å². The second-order valence-electron chi connectivity index (χ2n) is 8.35. The highest BCUT2D eigenvalue weighted by Gasteiger charge is 2.22. The van der Waals surface area contributed by atoms with Crippen molar-refractivity contribution < 1.29 is 13.5 Å². The van der Waals surface area contributed by atoms with Gasteiger partial charge in [0.15, 0.2) is 17.4 Å². The van der Waals surface area contributed by atoms with Crippen molar-refractivity contribution in [2.45, 2.75) is 33.2 Å². The molecule has 35 heavy (non-hydrogen) atoms. The molecule has 4 aromatic rings. The van der Waals surface area contributed by atoms with Gasteiger partial charge in [0.05, 0.1) is 18.4 Å². The summed E-state index contributed by atoms with van der Waals surface area (Å²) in [6.45, 7) is 5.36. The Kier molecular flexibility index (Phi) is 7.69. The van der Waals surface area contributed by atoms with Crippen LogP contribution >= 0.6 is 15.9 Å². The molecule has 1 aromatic carbocycles. The lowest BCUT2D eigenvalue weighted by atomic mass is 10.1. The first-order valence-corrected chi connectivity index (χ1v) is 12.3. The van der Waals surface area contributed by atoms with Crippen LogP contribution in [0.5, 0.6) is 5.75 Å². The SMILES string of the molecule is CC(C)CCn1cc(-c2cnc(N)c(-c3nnnn3-c3ccc(OCCCBr)c(F)c3F)c2)cn1. The summed E-state index contributed by atoms with van der Waals surface area (Å²) in [6.07, 6.45) is 6.94. The van der Waals surface area contributed by atoms with Crippen molar-refractivity contribution in [3.8, 4) is 34.0 Å². The Labute approximate surface area is 209 Å². The fourth-order valence-corrected chi connectivity index (χ4v) is 3.62. The van der Waals surface area contributed by atoms with Crippen LogP contribution in [-0.4, -0.2) is 46.9 Å². The van der Waals surface area contributed by atoms with E-state index in [-0.39, 0.29) is 29.7 Å². The van der Waals surface area contributed by atoms with Gasteiger partial charge in [-0.25, -0.2) is 9.37 Å². The second kappa shape index (κ2) is 10.9. The summed E-state index contributed by atoms with van der Waals surface area (Å²) in [4.78, 5) is 4.27. The van der Waals surface area contributed by atoms with Gasteiger partial charge >= 0.3 is 0 Å². The van der Waals surface area contributed by atoms with Crippen LogP contribution in [0.4, 0.5) is 14.6 Å². The fraction of sp³-hybridized carbons (Fsp3) is 0.348. The number of nitrogens with two attached hydrogens (primary N) is 1. The fourth-order valence-electron chi connectivity index (χ4n) is 3.39. The van der Waals surface area contributed by atoms with Crippen LogP contribution in [0.2, 0.25) is 0 Å². The first-order chi connectivity index (χ1) is 16.9. The molecule has 0 aliphatic carbocycles. The Balaban J connectivity index is 1.66. The highest BCUT2D eigenvalue weighted by atomic mass is 79.9. The van der Waals surface area contributed by atoms with Gasteiger partial charge in [0.2, 0.25) is 5.82 Å². The number of nitrogens with zero attached hydrogens (tertiary/aromatic N) is 7. The molecule has 0 fully saturated rings. The quantitative estimate of drug-likeness (QED) is 0.227. The topological polar surface area (TPSA) is 110 Å². The molecule has 12 heteroatoms. The molecule has 0 spiro atoms. The highest BCUT2D eigenvalue weighted by molar-refractivity contribution is 9.09. The molecule has 0 bridgehead atoms. The van der Waals surface area contributed by atoms with Crippen molar-refractivity contribution in [2.24, 2.45) is 5.92 Å². The van der Waals surface area contributed by atoms with Gasteiger partial charge in [0, 0.05) is 35.4 Å². The number of alkyl halides is 1. The van der Waals surface area contributed by atoms with Crippen molar-refractivity contribution in [1.29, 1.82) is 0 Å². The minimum absolute atomic E-state index is 0.121. The number of ether oxygens (including phenoxy) is 1. The van der Waals surface area contributed by atoms with Crippen LogP contribution in [0, 0.1) is 17.6 Å². The molecule has 0 amide bonds. The van der Waals surface area contributed by atoms with Gasteiger partial charge in [0.1, 0.15) is 11.5 Å². The van der Waals surface area contributed by atoms with Crippen molar-refractivity contribution >= 4 is 21.7 Å². The molecule has 4 rings (SSSR count). The highest BCUT2D eigenvalue weighted by Crippen LogP contribution is 2.31. The van der Waals surface area contributed by atoms with E-state index in [1.807, 2.05) is 10.9 Å². The van der Waals surface area contributed by atoms with Gasteiger partial charge in [0.25, 0.3) is 0 Å². The summed E-state index contributed by atoms with van der Waals surface area (Å²) >= 11 is 3.27. The number of rotatable bonds is 10. The average molecular weight is 547 g/mol. The first-order valence-electron chi connectivity index (χ1n) is 11.1. The monoisotopic (exact) mass is 546 g/mol. The van der Waals surface area contributed by atoms with Crippen molar-refractivity contribution in [3.05, 3.63) is 48.4 Å². The van der Waals surface area contributed by atoms with E-state index >= 15 is 0 Å². The molecular formula is C23H25BrF2N8O. The Morgan fingerprint density at radius 1 is 1.14 bits per heavy atom. The zero-order valence-corrected chi connectivity index (χ0v) is 20.9. The lowest BCUT2D eigenvalue weighted by Gasteiger charge is -2.11. The molecule has 0 radical (unpaired) electrons. The van der Waals surface area contributed by atoms with Gasteiger partial charge in [-0.05, 0) is 47.4 Å².